The van der Waals surface area contributed by atoms with E-state index in [1.807, 2.05) is 0 Å². The summed E-state index contributed by atoms with van der Waals surface area (Å²) in [6.07, 6.45) is 2.97. The van der Waals surface area contributed by atoms with Crippen LogP contribution in [0.4, 0.5) is 0 Å². The molecule has 1 aromatic carbocycles. The van der Waals surface area contributed by atoms with Gasteiger partial charge in [-0.25, -0.2) is 4.79 Å². The van der Waals surface area contributed by atoms with Crippen LogP contribution in [0, 0.1) is 0 Å². The molecule has 3 nitrogen and oxygen atoms in total. The average molecular weight is 204 g/mol. The van der Waals surface area contributed by atoms with Gasteiger partial charge >= 0.3 is 5.97 Å². The van der Waals surface area contributed by atoms with Gasteiger partial charge in [0.2, 0.25) is 0 Å². The van der Waals surface area contributed by atoms with E-state index in [0.29, 0.717) is 5.56 Å². The number of carbonyl (C=O) groups is 2. The molecule has 15 heavy (non-hydrogen) atoms. The van der Waals surface area contributed by atoms with Crippen molar-refractivity contribution in [1.29, 1.82) is 0 Å². The molecule has 1 rings (SSSR count). The van der Waals surface area contributed by atoms with Gasteiger partial charge in [0, 0.05) is 11.6 Å². The van der Waals surface area contributed by atoms with Crippen molar-refractivity contribution in [3.05, 3.63) is 41.5 Å². The van der Waals surface area contributed by atoms with Gasteiger partial charge in [-0.15, -0.1) is 0 Å². The van der Waals surface area contributed by atoms with Crippen molar-refractivity contribution in [3.63, 3.8) is 0 Å². The van der Waals surface area contributed by atoms with Crippen LogP contribution in [0.1, 0.15) is 22.8 Å². The maximum absolute atomic E-state index is 11.0. The normalized spacial score (nSPS) is 10.3. The van der Waals surface area contributed by atoms with Gasteiger partial charge in [0.05, 0.1) is 7.11 Å². The molecule has 0 heterocycles. The highest BCUT2D eigenvalue weighted by molar-refractivity contribution is 5.94. The molecule has 0 atom stereocenters. The fourth-order valence-electron chi connectivity index (χ4n) is 1.06. The van der Waals surface area contributed by atoms with E-state index < -0.39 is 5.97 Å². The van der Waals surface area contributed by atoms with Gasteiger partial charge < -0.3 is 4.74 Å². The van der Waals surface area contributed by atoms with Gasteiger partial charge in [0.1, 0.15) is 0 Å². The van der Waals surface area contributed by atoms with Gasteiger partial charge in [-0.1, -0.05) is 24.3 Å². The van der Waals surface area contributed by atoms with Crippen LogP contribution in [0.2, 0.25) is 0 Å². The van der Waals surface area contributed by atoms with E-state index in [4.69, 9.17) is 0 Å². The van der Waals surface area contributed by atoms with Crippen LogP contribution >= 0.6 is 0 Å². The van der Waals surface area contributed by atoms with E-state index in [9.17, 15) is 9.59 Å². The number of rotatable bonds is 3. The maximum atomic E-state index is 11.0. The summed E-state index contributed by atoms with van der Waals surface area (Å²) in [5.74, 6) is -0.371. The third-order valence-corrected chi connectivity index (χ3v) is 1.93. The zero-order chi connectivity index (χ0) is 11.3. The second-order valence-corrected chi connectivity index (χ2v) is 3.03. The number of esters is 1. The molecule has 0 aromatic heterocycles. The van der Waals surface area contributed by atoms with E-state index in [1.54, 1.807) is 30.3 Å². The van der Waals surface area contributed by atoms with Gasteiger partial charge in [-0.05, 0) is 18.6 Å². The summed E-state index contributed by atoms with van der Waals surface area (Å²) >= 11 is 0. The molecule has 0 aliphatic heterocycles. The van der Waals surface area contributed by atoms with Crippen molar-refractivity contribution in [2.75, 3.05) is 7.11 Å². The molecule has 0 saturated heterocycles. The summed E-state index contributed by atoms with van der Waals surface area (Å²) in [5, 5.41) is 0. The van der Waals surface area contributed by atoms with Gasteiger partial charge in [-0.3, -0.25) is 4.79 Å². The van der Waals surface area contributed by atoms with E-state index in [1.165, 1.54) is 20.1 Å². The number of hydrogen-bond donors (Lipinski definition) is 0. The third kappa shape index (κ3) is 3.38. The predicted molar refractivity (Wildman–Crippen MR) is 57.5 cm³/mol. The number of ether oxygens (including phenoxy) is 1. The molecule has 0 amide bonds. The number of ketones is 1. The van der Waals surface area contributed by atoms with Crippen molar-refractivity contribution in [2.24, 2.45) is 0 Å². The Morgan fingerprint density at radius 1 is 1.20 bits per heavy atom. The standard InChI is InChI=1S/C12H12O3/c1-9(13)11-6-3-10(4-7-11)5-8-12(14)15-2/h3-8H,1-2H3/b8-5-. The number of benzene rings is 1. The van der Waals surface area contributed by atoms with Crippen LogP contribution in [0.3, 0.4) is 0 Å². The Morgan fingerprint density at radius 2 is 1.80 bits per heavy atom. The minimum absolute atomic E-state index is 0.0264. The molecule has 0 fully saturated rings. The highest BCUT2D eigenvalue weighted by Gasteiger charge is 1.97. The molecule has 0 unspecified atom stereocenters. The first-order chi connectivity index (χ1) is 7.13. The Morgan fingerprint density at radius 3 is 2.27 bits per heavy atom. The Labute approximate surface area is 88.4 Å². The SMILES string of the molecule is COC(=O)/C=C\c1ccc(C(C)=O)cc1. The molecule has 78 valence electrons. The molecule has 0 bridgehead atoms. The lowest BCUT2D eigenvalue weighted by molar-refractivity contribution is -0.134. The van der Waals surface area contributed by atoms with Crippen LogP contribution in [0.5, 0.6) is 0 Å². The first kappa shape index (κ1) is 11.2. The first-order valence-corrected chi connectivity index (χ1v) is 4.50. The number of carbonyl (C=O) groups excluding carboxylic acids is 2. The van der Waals surface area contributed by atoms with Gasteiger partial charge in [-0.2, -0.15) is 0 Å². The lowest BCUT2D eigenvalue weighted by Gasteiger charge is -1.96. The van der Waals surface area contributed by atoms with Crippen molar-refractivity contribution >= 4 is 17.8 Å². The van der Waals surface area contributed by atoms with Crippen LogP contribution < -0.4 is 0 Å². The highest BCUT2D eigenvalue weighted by Crippen LogP contribution is 2.06. The summed E-state index contributed by atoms with van der Waals surface area (Å²) in [6.45, 7) is 1.51. The van der Waals surface area contributed by atoms with E-state index in [-0.39, 0.29) is 5.78 Å². The molecule has 3 heteroatoms. The smallest absolute Gasteiger partial charge is 0.330 e. The molecule has 0 N–H and O–H groups in total. The van der Waals surface area contributed by atoms with Gasteiger partial charge in [0.15, 0.2) is 5.78 Å². The Balaban J connectivity index is 2.77. The molecule has 1 aromatic rings. The van der Waals surface area contributed by atoms with Crippen molar-refractivity contribution in [2.45, 2.75) is 6.92 Å². The summed E-state index contributed by atoms with van der Waals surface area (Å²) in [5.41, 5.74) is 1.51. The minimum Gasteiger partial charge on any atom is -0.466 e. The summed E-state index contributed by atoms with van der Waals surface area (Å²) in [4.78, 5) is 21.8. The van der Waals surface area contributed by atoms with Crippen LogP contribution in [0.25, 0.3) is 6.08 Å². The van der Waals surface area contributed by atoms with E-state index >= 15 is 0 Å². The predicted octanol–water partition coefficient (Wildman–Crippen LogP) is 2.08. The fourth-order valence-corrected chi connectivity index (χ4v) is 1.06. The van der Waals surface area contributed by atoms with Crippen LogP contribution in [0.15, 0.2) is 30.3 Å². The molecule has 0 aliphatic rings. The second-order valence-electron chi connectivity index (χ2n) is 3.03. The van der Waals surface area contributed by atoms with E-state index in [2.05, 4.69) is 4.74 Å². The molecular formula is C12H12O3. The third-order valence-electron chi connectivity index (χ3n) is 1.93. The Hall–Kier alpha value is -1.90. The topological polar surface area (TPSA) is 43.4 Å². The Bertz CT molecular complexity index is 388. The zero-order valence-corrected chi connectivity index (χ0v) is 8.69. The monoisotopic (exact) mass is 204 g/mol. The number of hydrogen-bond acceptors (Lipinski definition) is 3. The second kappa shape index (κ2) is 5.10. The van der Waals surface area contributed by atoms with E-state index in [0.717, 1.165) is 5.56 Å². The minimum atomic E-state index is -0.398. The van der Waals surface area contributed by atoms with Crippen molar-refractivity contribution < 1.29 is 14.3 Å². The average Bonchev–Trinajstić information content (AvgIpc) is 2.26. The quantitative estimate of drug-likeness (QED) is 0.430. The lowest BCUT2D eigenvalue weighted by atomic mass is 10.1. The highest BCUT2D eigenvalue weighted by atomic mass is 16.5. The summed E-state index contributed by atoms with van der Waals surface area (Å²) in [7, 11) is 1.32. The van der Waals surface area contributed by atoms with Crippen molar-refractivity contribution in [3.8, 4) is 0 Å². The van der Waals surface area contributed by atoms with Crippen molar-refractivity contribution in [1.82, 2.24) is 0 Å². The molecule has 0 radical (unpaired) electrons. The molecular weight excluding hydrogens is 192 g/mol. The molecule has 0 saturated carbocycles. The summed E-state index contributed by atoms with van der Waals surface area (Å²) < 4.78 is 4.45. The number of methoxy groups -OCH3 is 1. The van der Waals surface area contributed by atoms with Crippen LogP contribution in [-0.2, 0) is 9.53 Å². The molecule has 0 spiro atoms. The largest absolute Gasteiger partial charge is 0.466 e. The maximum Gasteiger partial charge on any atom is 0.330 e. The number of Topliss-reactive ketones (excluding diaryl/α,β-unsaturated/α-hetero) is 1. The summed E-state index contributed by atoms with van der Waals surface area (Å²) in [6, 6.07) is 6.99. The lowest BCUT2D eigenvalue weighted by Crippen LogP contribution is -1.93. The van der Waals surface area contributed by atoms with Gasteiger partial charge in [0.25, 0.3) is 0 Å². The fraction of sp³-hybridized carbons (Fsp3) is 0.167. The van der Waals surface area contributed by atoms with Crippen LogP contribution in [-0.4, -0.2) is 18.9 Å². The Kier molecular flexibility index (Phi) is 3.80. The first-order valence-electron chi connectivity index (χ1n) is 4.50. The molecule has 0 aliphatic carbocycles. The zero-order valence-electron chi connectivity index (χ0n) is 8.69.